The third kappa shape index (κ3) is 4.58. The number of rotatable bonds is 4. The van der Waals surface area contributed by atoms with Crippen LogP contribution in [-0.4, -0.2) is 44.6 Å². The maximum absolute atomic E-state index is 12.6. The third-order valence-corrected chi connectivity index (χ3v) is 6.65. The van der Waals surface area contributed by atoms with Crippen molar-refractivity contribution in [3.8, 4) is 16.5 Å². The molecular weight excluding hydrogens is 470 g/mol. The van der Waals surface area contributed by atoms with E-state index in [1.54, 1.807) is 29.2 Å². The molecule has 4 heterocycles. The number of carboxylic acid groups (broad SMARTS) is 1. The molecule has 0 aliphatic carbocycles. The van der Waals surface area contributed by atoms with Gasteiger partial charge in [0, 0.05) is 24.7 Å². The van der Waals surface area contributed by atoms with Crippen molar-refractivity contribution in [1.29, 1.82) is 5.41 Å². The molecule has 10 nitrogen and oxygen atoms in total. The zero-order chi connectivity index (χ0) is 24.5. The lowest BCUT2D eigenvalue weighted by Gasteiger charge is -2.25. The summed E-state index contributed by atoms with van der Waals surface area (Å²) in [5.41, 5.74) is 0.00311. The lowest BCUT2D eigenvalue weighted by Crippen LogP contribution is -2.47. The number of aromatic nitrogens is 3. The number of furan rings is 1. The predicted molar refractivity (Wildman–Crippen MR) is 125 cm³/mol. The maximum atomic E-state index is 12.6. The minimum Gasteiger partial charge on any atom is -0.545 e. The zero-order valence-electron chi connectivity index (χ0n) is 18.4. The Morgan fingerprint density at radius 2 is 1.86 bits per heavy atom. The molecule has 0 unspecified atom stereocenters. The average molecular weight is 491 g/mol. The van der Waals surface area contributed by atoms with Crippen LogP contribution >= 0.6 is 11.3 Å². The molecule has 178 valence electrons. The summed E-state index contributed by atoms with van der Waals surface area (Å²) < 4.78 is 7.63. The normalized spacial score (nSPS) is 15.1. The van der Waals surface area contributed by atoms with Crippen LogP contribution in [0.2, 0.25) is 0 Å². The number of hydrogen-bond acceptors (Lipinski definition) is 8. The molecular formula is C24H20N5O5S-. The van der Waals surface area contributed by atoms with Gasteiger partial charge in [-0.05, 0) is 43.0 Å². The molecule has 1 aromatic carbocycles. The predicted octanol–water partition coefficient (Wildman–Crippen LogP) is -0.215. The molecule has 0 atom stereocenters. The van der Waals surface area contributed by atoms with E-state index in [1.807, 2.05) is 0 Å². The topological polar surface area (TPSA) is 148 Å². The molecule has 2 aromatic rings. The van der Waals surface area contributed by atoms with Crippen molar-refractivity contribution in [2.45, 2.75) is 19.3 Å². The summed E-state index contributed by atoms with van der Waals surface area (Å²) in [6.07, 6.45) is 6.00. The fourth-order valence-corrected chi connectivity index (χ4v) is 4.78. The van der Waals surface area contributed by atoms with Crippen LogP contribution in [0.5, 0.6) is 0 Å². The second-order valence-corrected chi connectivity index (χ2v) is 9.13. The monoisotopic (exact) mass is 490 g/mol. The number of amides is 1. The second-order valence-electron chi connectivity index (χ2n) is 8.12. The molecule has 1 aromatic heterocycles. The van der Waals surface area contributed by atoms with Crippen molar-refractivity contribution < 1.29 is 19.1 Å². The fourth-order valence-electron chi connectivity index (χ4n) is 3.93. The number of piperidine rings is 1. The number of carbonyl (C=O) groups excluding carboxylic acids is 2. The van der Waals surface area contributed by atoms with Crippen LogP contribution in [0.15, 0.2) is 45.6 Å². The number of benzene rings is 1. The fraction of sp³-hybridized carbons (Fsp3) is 0.208. The Bertz CT molecular complexity index is 1620. The highest BCUT2D eigenvalue weighted by Gasteiger charge is 2.16. The number of hydrogen-bond donors (Lipinski definition) is 2. The van der Waals surface area contributed by atoms with Gasteiger partial charge in [-0.25, -0.2) is 4.68 Å². The van der Waals surface area contributed by atoms with Crippen LogP contribution in [0.25, 0.3) is 28.6 Å². The quantitative estimate of drug-likeness (QED) is 0.404. The van der Waals surface area contributed by atoms with E-state index in [0.29, 0.717) is 21.7 Å². The van der Waals surface area contributed by atoms with Gasteiger partial charge in [-0.3, -0.25) is 20.1 Å². The van der Waals surface area contributed by atoms with E-state index >= 15 is 0 Å². The summed E-state index contributed by atoms with van der Waals surface area (Å²) in [5, 5.41) is 22.7. The SMILES string of the molecule is N=c1/c(=C/c2ccc(-c3ccc(C(=O)[O-])cc3)o2)c(=O)nc2s/c(=C/C(=O)N3CCCCC3)[nH]n1-2. The number of H-pyrrole nitrogens is 1. The van der Waals surface area contributed by atoms with Gasteiger partial charge in [0.15, 0.2) is 5.49 Å². The molecule has 2 N–H and O–H groups in total. The first-order valence-corrected chi connectivity index (χ1v) is 11.8. The van der Waals surface area contributed by atoms with Gasteiger partial charge in [0.2, 0.25) is 11.0 Å². The van der Waals surface area contributed by atoms with Gasteiger partial charge in [-0.1, -0.05) is 35.6 Å². The largest absolute Gasteiger partial charge is 0.545 e. The van der Waals surface area contributed by atoms with Crippen molar-refractivity contribution in [3.63, 3.8) is 0 Å². The smallest absolute Gasteiger partial charge is 0.283 e. The van der Waals surface area contributed by atoms with E-state index < -0.39 is 11.5 Å². The molecule has 3 aliphatic heterocycles. The third-order valence-electron chi connectivity index (χ3n) is 5.76. The van der Waals surface area contributed by atoms with Crippen molar-refractivity contribution in [3.05, 3.63) is 73.4 Å². The van der Waals surface area contributed by atoms with Crippen LogP contribution in [0, 0.1) is 5.41 Å². The van der Waals surface area contributed by atoms with Crippen LogP contribution in [-0.2, 0) is 4.79 Å². The van der Waals surface area contributed by atoms with Gasteiger partial charge in [-0.2, -0.15) is 4.98 Å². The minimum atomic E-state index is -1.27. The molecule has 3 aliphatic rings. The van der Waals surface area contributed by atoms with Crippen LogP contribution in [0.4, 0.5) is 0 Å². The van der Waals surface area contributed by atoms with Crippen molar-refractivity contribution in [2.24, 2.45) is 0 Å². The number of aromatic amines is 1. The molecule has 11 heteroatoms. The van der Waals surface area contributed by atoms with Gasteiger partial charge < -0.3 is 19.2 Å². The summed E-state index contributed by atoms with van der Waals surface area (Å²) >= 11 is 1.13. The summed E-state index contributed by atoms with van der Waals surface area (Å²) in [5.74, 6) is -0.571. The number of carbonyl (C=O) groups is 2. The molecule has 0 bridgehead atoms. The first-order chi connectivity index (χ1) is 16.9. The minimum absolute atomic E-state index is 0.0265. The molecule has 35 heavy (non-hydrogen) atoms. The Morgan fingerprint density at radius 1 is 1.11 bits per heavy atom. The van der Waals surface area contributed by atoms with Gasteiger partial charge in [0.05, 0.1) is 11.2 Å². The molecule has 1 fully saturated rings. The van der Waals surface area contributed by atoms with Crippen LogP contribution in [0.1, 0.15) is 35.4 Å². The van der Waals surface area contributed by atoms with E-state index in [0.717, 1.165) is 43.7 Å². The van der Waals surface area contributed by atoms with Crippen LogP contribution in [0.3, 0.4) is 0 Å². The number of fused-ring (bicyclic) bond motifs is 1. The van der Waals surface area contributed by atoms with Gasteiger partial charge in [0.1, 0.15) is 16.2 Å². The summed E-state index contributed by atoms with van der Waals surface area (Å²) in [4.78, 5) is 42.0. The van der Waals surface area contributed by atoms with Crippen molar-refractivity contribution in [1.82, 2.24) is 19.7 Å². The van der Waals surface area contributed by atoms with Crippen molar-refractivity contribution in [2.75, 3.05) is 13.1 Å². The number of aromatic carboxylic acids is 1. The highest BCUT2D eigenvalue weighted by Crippen LogP contribution is 2.22. The molecule has 5 rings (SSSR count). The van der Waals surface area contributed by atoms with Gasteiger partial charge in [-0.15, -0.1) is 0 Å². The Kier molecular flexibility index (Phi) is 5.91. The van der Waals surface area contributed by atoms with E-state index in [4.69, 9.17) is 9.83 Å². The van der Waals surface area contributed by atoms with Gasteiger partial charge in [0.25, 0.3) is 5.56 Å². The molecule has 0 spiro atoms. The Balaban J connectivity index is 1.49. The number of nitrogens with one attached hydrogen (secondary N) is 2. The average Bonchev–Trinajstić information content (AvgIpc) is 3.49. The zero-order valence-corrected chi connectivity index (χ0v) is 19.3. The molecule has 1 saturated heterocycles. The number of nitrogens with zero attached hydrogens (tertiary/aromatic N) is 3. The van der Waals surface area contributed by atoms with Crippen LogP contribution < -0.4 is 26.0 Å². The van der Waals surface area contributed by atoms with E-state index in [1.165, 1.54) is 29.0 Å². The lowest BCUT2D eigenvalue weighted by molar-refractivity contribution is -0.255. The summed E-state index contributed by atoms with van der Waals surface area (Å²) in [7, 11) is 0. The molecule has 0 radical (unpaired) electrons. The van der Waals surface area contributed by atoms with E-state index in [-0.39, 0.29) is 27.3 Å². The Hall–Kier alpha value is -4.25. The Morgan fingerprint density at radius 3 is 2.57 bits per heavy atom. The second kappa shape index (κ2) is 9.18. The Labute approximate surface area is 201 Å². The molecule has 1 amide bonds. The van der Waals surface area contributed by atoms with Crippen molar-refractivity contribution >= 4 is 35.4 Å². The summed E-state index contributed by atoms with van der Waals surface area (Å²) in [6, 6.07) is 9.34. The lowest BCUT2D eigenvalue weighted by atomic mass is 10.1. The van der Waals surface area contributed by atoms with E-state index in [2.05, 4.69) is 10.1 Å². The number of carboxylic acids is 1. The highest BCUT2D eigenvalue weighted by molar-refractivity contribution is 7.11. The highest BCUT2D eigenvalue weighted by atomic mass is 32.1. The first-order valence-electron chi connectivity index (χ1n) is 11.0. The number of likely N-dealkylation sites (tertiary alicyclic amines) is 1. The van der Waals surface area contributed by atoms with E-state index in [9.17, 15) is 19.5 Å². The first kappa shape index (κ1) is 22.5. The standard InChI is InChI=1S/C24H21N5O5S/c25-21-17(12-16-8-9-18(34-16)14-4-6-15(7-5-14)23(32)33)22(31)26-24-29(21)27-19(35-24)13-20(30)28-10-2-1-3-11-28/h4-9,12-13,25,27H,1-3,10-11H2,(H,32,33)/p-1/b17-12-,19-13+,25-21?. The molecule has 0 saturated carbocycles. The maximum Gasteiger partial charge on any atom is 0.283 e. The summed E-state index contributed by atoms with van der Waals surface area (Å²) in [6.45, 7) is 1.45. The van der Waals surface area contributed by atoms with Gasteiger partial charge >= 0.3 is 0 Å².